The zero-order valence-corrected chi connectivity index (χ0v) is 13.0. The highest BCUT2D eigenvalue weighted by Gasteiger charge is 2.16. The van der Waals surface area contributed by atoms with E-state index >= 15 is 0 Å². The molecule has 0 fully saturated rings. The molecule has 0 radical (unpaired) electrons. The van der Waals surface area contributed by atoms with Crippen molar-refractivity contribution in [2.75, 3.05) is 13.1 Å². The van der Waals surface area contributed by atoms with Gasteiger partial charge in [-0.3, -0.25) is 4.79 Å². The summed E-state index contributed by atoms with van der Waals surface area (Å²) in [4.78, 5) is 23.0. The van der Waals surface area contributed by atoms with Gasteiger partial charge in [0.25, 0.3) is 0 Å². The van der Waals surface area contributed by atoms with Crippen molar-refractivity contribution in [1.82, 2.24) is 10.6 Å². The topological polar surface area (TPSA) is 87.7 Å². The molecule has 3 N–H and O–H groups in total. The van der Waals surface area contributed by atoms with Gasteiger partial charge >= 0.3 is 6.09 Å². The van der Waals surface area contributed by atoms with Crippen LogP contribution in [0.25, 0.3) is 0 Å². The Morgan fingerprint density at radius 3 is 2.33 bits per heavy atom. The molecule has 0 rings (SSSR count). The lowest BCUT2D eigenvalue weighted by atomic mass is 10.2. The van der Waals surface area contributed by atoms with E-state index in [0.29, 0.717) is 5.57 Å². The van der Waals surface area contributed by atoms with Gasteiger partial charge in [-0.25, -0.2) is 4.79 Å². The van der Waals surface area contributed by atoms with Gasteiger partial charge in [0, 0.05) is 6.54 Å². The highest BCUT2D eigenvalue weighted by molar-refractivity contribution is 5.82. The molecule has 0 aromatic rings. The molecule has 0 atom stereocenters. The van der Waals surface area contributed by atoms with Crippen LogP contribution in [0.1, 0.15) is 27.7 Å². The van der Waals surface area contributed by atoms with E-state index in [1.807, 2.05) is 0 Å². The maximum Gasteiger partial charge on any atom is 0.408 e. The maximum atomic E-state index is 11.6. The van der Waals surface area contributed by atoms with Crippen LogP contribution in [0.5, 0.6) is 0 Å². The minimum atomic E-state index is -0.648. The Kier molecular flexibility index (Phi) is 7.89. The van der Waals surface area contributed by atoms with Gasteiger partial charge < -0.3 is 20.5 Å². The first-order valence-electron chi connectivity index (χ1n) is 6.56. The van der Waals surface area contributed by atoms with Crippen molar-refractivity contribution in [3.8, 4) is 0 Å². The molecule has 0 unspecified atom stereocenters. The Bertz CT molecular complexity index is 441. The number of hydrogen-bond acceptors (Lipinski definition) is 4. The summed E-state index contributed by atoms with van der Waals surface area (Å²) in [7, 11) is 0. The van der Waals surface area contributed by atoms with Crippen molar-refractivity contribution >= 4 is 12.0 Å². The predicted octanol–water partition coefficient (Wildman–Crippen LogP) is 2.20. The van der Waals surface area contributed by atoms with E-state index in [-0.39, 0.29) is 24.8 Å². The van der Waals surface area contributed by atoms with E-state index in [1.165, 1.54) is 13.0 Å². The van der Waals surface area contributed by atoms with Gasteiger partial charge in [-0.2, -0.15) is 0 Å². The summed E-state index contributed by atoms with van der Waals surface area (Å²) in [6, 6.07) is 0. The number of allylic oxidation sites excluding steroid dienone is 3. The van der Waals surface area contributed by atoms with Crippen LogP contribution < -0.4 is 10.6 Å². The fourth-order valence-corrected chi connectivity index (χ4v) is 1.31. The summed E-state index contributed by atoms with van der Waals surface area (Å²) in [6.07, 6.45) is 4.09. The number of carbonyl (C=O) groups is 2. The van der Waals surface area contributed by atoms with Crippen molar-refractivity contribution in [3.63, 3.8) is 0 Å². The van der Waals surface area contributed by atoms with Gasteiger partial charge in [-0.15, -0.1) is 0 Å². The largest absolute Gasteiger partial charge is 0.513 e. The lowest BCUT2D eigenvalue weighted by Gasteiger charge is -2.19. The molecule has 0 saturated heterocycles. The highest BCUT2D eigenvalue weighted by Crippen LogP contribution is 2.06. The quantitative estimate of drug-likeness (QED) is 0.518. The molecule has 2 amide bonds. The van der Waals surface area contributed by atoms with Gasteiger partial charge in [0.1, 0.15) is 12.1 Å². The van der Waals surface area contributed by atoms with Crippen LogP contribution in [0.15, 0.2) is 36.1 Å². The number of carbonyl (C=O) groups excluding carboxylic acids is 2. The summed E-state index contributed by atoms with van der Waals surface area (Å²) < 4.78 is 5.01. The molecule has 0 aromatic heterocycles. The van der Waals surface area contributed by atoms with Crippen LogP contribution in [0.2, 0.25) is 0 Å². The van der Waals surface area contributed by atoms with E-state index in [9.17, 15) is 14.7 Å². The van der Waals surface area contributed by atoms with Crippen LogP contribution in [0.4, 0.5) is 4.79 Å². The summed E-state index contributed by atoms with van der Waals surface area (Å²) in [6.45, 7) is 10.3. The molecule has 0 bridgehead atoms. The molecule has 118 valence electrons. The summed E-state index contributed by atoms with van der Waals surface area (Å²) >= 11 is 0. The van der Waals surface area contributed by atoms with E-state index < -0.39 is 11.7 Å². The number of hydrogen-bond donors (Lipinski definition) is 3. The standard InChI is InChI=1S/C15H24N2O4/c1-6-7-12(8-11(2)18)9-16-13(19)10-17-14(20)21-15(3,4)5/h6-8,18H,1,9-10H2,2-5H3,(H,16,19)(H,17,20)/b11-8+,12-7+. The molecule has 6 nitrogen and oxygen atoms in total. The van der Waals surface area contributed by atoms with E-state index in [2.05, 4.69) is 17.2 Å². The zero-order chi connectivity index (χ0) is 16.5. The maximum absolute atomic E-state index is 11.6. The molecule has 0 spiro atoms. The normalized spacial score (nSPS) is 12.6. The molecular formula is C15H24N2O4. The van der Waals surface area contributed by atoms with Crippen molar-refractivity contribution < 1.29 is 19.4 Å². The average Bonchev–Trinajstić information content (AvgIpc) is 2.31. The number of nitrogens with one attached hydrogen (secondary N) is 2. The second-order valence-electron chi connectivity index (χ2n) is 5.40. The van der Waals surface area contributed by atoms with Crippen LogP contribution >= 0.6 is 0 Å². The van der Waals surface area contributed by atoms with Crippen molar-refractivity contribution in [2.45, 2.75) is 33.3 Å². The smallest absolute Gasteiger partial charge is 0.408 e. The number of aliphatic hydroxyl groups excluding tert-OH is 1. The Hall–Kier alpha value is -2.24. The monoisotopic (exact) mass is 296 g/mol. The van der Waals surface area contributed by atoms with E-state index in [1.54, 1.807) is 32.9 Å². The molecular weight excluding hydrogens is 272 g/mol. The van der Waals surface area contributed by atoms with Gasteiger partial charge in [-0.1, -0.05) is 18.7 Å². The number of amides is 2. The molecule has 0 aromatic carbocycles. The molecule has 21 heavy (non-hydrogen) atoms. The van der Waals surface area contributed by atoms with Crippen molar-refractivity contribution in [1.29, 1.82) is 0 Å². The van der Waals surface area contributed by atoms with Crippen molar-refractivity contribution in [3.05, 3.63) is 36.1 Å². The Morgan fingerprint density at radius 2 is 1.86 bits per heavy atom. The Labute approximate surface area is 125 Å². The predicted molar refractivity (Wildman–Crippen MR) is 81.9 cm³/mol. The SMILES string of the molecule is C=C/C=C(\C=C(/C)O)CNC(=O)CNC(=O)OC(C)(C)C. The van der Waals surface area contributed by atoms with Gasteiger partial charge in [0.05, 0.1) is 5.76 Å². The van der Waals surface area contributed by atoms with Gasteiger partial charge in [0.2, 0.25) is 5.91 Å². The summed E-state index contributed by atoms with van der Waals surface area (Å²) in [5.41, 5.74) is 0.0831. The number of alkyl carbamates (subject to hydrolysis) is 1. The van der Waals surface area contributed by atoms with E-state index in [4.69, 9.17) is 4.74 Å². The van der Waals surface area contributed by atoms with Crippen LogP contribution in [-0.2, 0) is 9.53 Å². The molecule has 0 aliphatic rings. The second-order valence-corrected chi connectivity index (χ2v) is 5.40. The fourth-order valence-electron chi connectivity index (χ4n) is 1.31. The lowest BCUT2D eigenvalue weighted by Crippen LogP contribution is -2.40. The Balaban J connectivity index is 4.21. The van der Waals surface area contributed by atoms with Crippen molar-refractivity contribution in [2.24, 2.45) is 0 Å². The number of ether oxygens (including phenoxy) is 1. The first-order chi connectivity index (χ1) is 9.64. The minimum absolute atomic E-state index is 0.129. The zero-order valence-electron chi connectivity index (χ0n) is 13.0. The Morgan fingerprint density at radius 1 is 1.24 bits per heavy atom. The third-order valence-corrected chi connectivity index (χ3v) is 2.01. The number of aliphatic hydroxyl groups is 1. The molecule has 0 saturated carbocycles. The average molecular weight is 296 g/mol. The first kappa shape index (κ1) is 18.8. The van der Waals surface area contributed by atoms with Gasteiger partial charge in [-0.05, 0) is 39.3 Å². The number of rotatable bonds is 6. The second kappa shape index (κ2) is 8.84. The lowest BCUT2D eigenvalue weighted by molar-refractivity contribution is -0.120. The molecule has 0 heterocycles. The van der Waals surface area contributed by atoms with Gasteiger partial charge in [0.15, 0.2) is 0 Å². The third kappa shape index (κ3) is 11.3. The highest BCUT2D eigenvalue weighted by atomic mass is 16.6. The molecule has 0 aliphatic carbocycles. The van der Waals surface area contributed by atoms with Crippen LogP contribution in [0, 0.1) is 0 Å². The van der Waals surface area contributed by atoms with E-state index in [0.717, 1.165) is 0 Å². The molecule has 0 aliphatic heterocycles. The van der Waals surface area contributed by atoms with Crippen LogP contribution in [-0.4, -0.2) is 35.8 Å². The third-order valence-electron chi connectivity index (χ3n) is 2.01. The fraction of sp³-hybridized carbons (Fsp3) is 0.467. The first-order valence-corrected chi connectivity index (χ1v) is 6.56. The molecule has 6 heteroatoms. The van der Waals surface area contributed by atoms with Crippen LogP contribution in [0.3, 0.4) is 0 Å². The summed E-state index contributed by atoms with van der Waals surface area (Å²) in [5, 5.41) is 14.2. The minimum Gasteiger partial charge on any atom is -0.513 e. The summed E-state index contributed by atoms with van der Waals surface area (Å²) in [5.74, 6) is -0.232.